The first-order valence-electron chi connectivity index (χ1n) is 5.29. The molecule has 1 fully saturated rings. The second-order valence-corrected chi connectivity index (χ2v) is 3.92. The van der Waals surface area contributed by atoms with Gasteiger partial charge < -0.3 is 15.3 Å². The molecule has 4 heteroatoms. The molecule has 0 spiro atoms. The van der Waals surface area contributed by atoms with Gasteiger partial charge in [-0.25, -0.2) is 0 Å². The zero-order chi connectivity index (χ0) is 10.6. The summed E-state index contributed by atoms with van der Waals surface area (Å²) in [5, 5.41) is 12.4. The molecule has 1 amide bonds. The Balaban J connectivity index is 2.57. The van der Waals surface area contributed by atoms with Gasteiger partial charge in [-0.2, -0.15) is 0 Å². The van der Waals surface area contributed by atoms with Gasteiger partial charge >= 0.3 is 0 Å². The summed E-state index contributed by atoms with van der Waals surface area (Å²) in [6.07, 6.45) is 2.67. The van der Waals surface area contributed by atoms with Gasteiger partial charge in [-0.3, -0.25) is 4.79 Å². The van der Waals surface area contributed by atoms with Crippen LogP contribution in [0.25, 0.3) is 0 Å². The molecule has 0 aliphatic carbocycles. The van der Waals surface area contributed by atoms with Crippen molar-refractivity contribution < 1.29 is 9.90 Å². The number of aliphatic hydroxyl groups is 1. The van der Waals surface area contributed by atoms with Gasteiger partial charge in [0.25, 0.3) is 0 Å². The number of likely N-dealkylation sites (N-methyl/N-ethyl adjacent to an activating group) is 1. The van der Waals surface area contributed by atoms with Crippen LogP contribution in [-0.2, 0) is 4.79 Å². The number of piperidine rings is 1. The highest BCUT2D eigenvalue weighted by Crippen LogP contribution is 2.19. The zero-order valence-corrected chi connectivity index (χ0v) is 8.99. The quantitative estimate of drug-likeness (QED) is 0.672. The fourth-order valence-electron chi connectivity index (χ4n) is 2.02. The molecule has 82 valence electrons. The van der Waals surface area contributed by atoms with Crippen molar-refractivity contribution in [3.8, 4) is 0 Å². The van der Waals surface area contributed by atoms with E-state index < -0.39 is 6.10 Å². The Hall–Kier alpha value is -0.610. The Labute approximate surface area is 85.3 Å². The van der Waals surface area contributed by atoms with Gasteiger partial charge in [0.15, 0.2) is 0 Å². The number of amides is 1. The Morgan fingerprint density at radius 2 is 2.36 bits per heavy atom. The lowest BCUT2D eigenvalue weighted by Gasteiger charge is -2.37. The Kier molecular flexibility index (Phi) is 4.35. The Morgan fingerprint density at radius 3 is 2.93 bits per heavy atom. The highest BCUT2D eigenvalue weighted by atomic mass is 16.3. The topological polar surface area (TPSA) is 52.6 Å². The lowest BCUT2D eigenvalue weighted by molar-refractivity contribution is -0.136. The maximum atomic E-state index is 11.7. The van der Waals surface area contributed by atoms with Crippen molar-refractivity contribution in [2.24, 2.45) is 0 Å². The molecule has 0 aromatic heterocycles. The summed E-state index contributed by atoms with van der Waals surface area (Å²) < 4.78 is 0. The lowest BCUT2D eigenvalue weighted by Crippen LogP contribution is -2.51. The number of rotatable bonds is 3. The molecule has 1 aliphatic rings. The van der Waals surface area contributed by atoms with Gasteiger partial charge in [0.1, 0.15) is 0 Å². The van der Waals surface area contributed by atoms with Crippen LogP contribution in [-0.4, -0.2) is 48.2 Å². The van der Waals surface area contributed by atoms with Crippen molar-refractivity contribution >= 4 is 5.91 Å². The van der Waals surface area contributed by atoms with Crippen LogP contribution in [0.5, 0.6) is 0 Å². The molecule has 1 rings (SSSR count). The average molecular weight is 200 g/mol. The number of likely N-dealkylation sites (tertiary alicyclic amines) is 1. The summed E-state index contributed by atoms with van der Waals surface area (Å²) in [6, 6.07) is 0.0181. The van der Waals surface area contributed by atoms with Crippen LogP contribution in [0.1, 0.15) is 26.2 Å². The van der Waals surface area contributed by atoms with Gasteiger partial charge in [0.2, 0.25) is 5.91 Å². The fourth-order valence-corrected chi connectivity index (χ4v) is 2.02. The number of nitrogens with one attached hydrogen (secondary N) is 1. The van der Waals surface area contributed by atoms with Gasteiger partial charge in [0.05, 0.1) is 18.7 Å². The van der Waals surface area contributed by atoms with E-state index in [9.17, 15) is 9.90 Å². The summed E-state index contributed by atoms with van der Waals surface area (Å²) in [4.78, 5) is 13.5. The van der Waals surface area contributed by atoms with E-state index in [1.165, 1.54) is 0 Å². The third-order valence-electron chi connectivity index (χ3n) is 2.75. The molecule has 1 saturated heterocycles. The third-order valence-corrected chi connectivity index (χ3v) is 2.75. The Bertz CT molecular complexity index is 195. The number of carbonyl (C=O) groups is 1. The summed E-state index contributed by atoms with van der Waals surface area (Å²) in [5.41, 5.74) is 0. The van der Waals surface area contributed by atoms with Crippen molar-refractivity contribution in [1.29, 1.82) is 0 Å². The molecular formula is C10H20N2O2. The van der Waals surface area contributed by atoms with E-state index in [-0.39, 0.29) is 11.9 Å². The molecule has 1 heterocycles. The summed E-state index contributed by atoms with van der Waals surface area (Å²) in [6.45, 7) is 2.91. The average Bonchev–Trinajstić information content (AvgIpc) is 2.18. The van der Waals surface area contributed by atoms with Gasteiger partial charge in [-0.05, 0) is 33.2 Å². The molecule has 0 aromatic carbocycles. The first-order valence-corrected chi connectivity index (χ1v) is 5.29. The van der Waals surface area contributed by atoms with E-state index in [1.807, 2.05) is 4.90 Å². The van der Waals surface area contributed by atoms with Crippen LogP contribution in [0.15, 0.2) is 0 Å². The monoisotopic (exact) mass is 200 g/mol. The number of nitrogens with zero attached hydrogens (tertiary/aromatic N) is 1. The first kappa shape index (κ1) is 11.5. The summed E-state index contributed by atoms with van der Waals surface area (Å²) in [5.74, 6) is 0.0955. The van der Waals surface area contributed by atoms with Crippen LogP contribution in [0, 0.1) is 0 Å². The van der Waals surface area contributed by atoms with E-state index in [0.717, 1.165) is 25.8 Å². The molecule has 14 heavy (non-hydrogen) atoms. The molecule has 0 saturated carbocycles. The highest BCUT2D eigenvalue weighted by Gasteiger charge is 2.29. The minimum absolute atomic E-state index is 0.0181. The predicted octanol–water partition coefficient (Wildman–Crippen LogP) is -0.0323. The first-order chi connectivity index (χ1) is 6.66. The van der Waals surface area contributed by atoms with Crippen molar-refractivity contribution in [2.45, 2.75) is 38.3 Å². The SMILES string of the molecule is CNCC(=O)N1CCCC[C@H]1[C@@H](C)O. The van der Waals surface area contributed by atoms with E-state index >= 15 is 0 Å². The third kappa shape index (κ3) is 2.69. The van der Waals surface area contributed by atoms with Crippen molar-refractivity contribution in [2.75, 3.05) is 20.1 Å². The number of hydrogen-bond donors (Lipinski definition) is 2. The van der Waals surface area contributed by atoms with E-state index in [0.29, 0.717) is 6.54 Å². The molecule has 2 N–H and O–H groups in total. The van der Waals surface area contributed by atoms with Crippen molar-refractivity contribution in [1.82, 2.24) is 10.2 Å². The van der Waals surface area contributed by atoms with E-state index in [1.54, 1.807) is 14.0 Å². The maximum Gasteiger partial charge on any atom is 0.236 e. The molecule has 0 bridgehead atoms. The van der Waals surface area contributed by atoms with Crippen LogP contribution in [0.4, 0.5) is 0 Å². The van der Waals surface area contributed by atoms with E-state index in [2.05, 4.69) is 5.32 Å². The zero-order valence-electron chi connectivity index (χ0n) is 8.99. The molecule has 4 nitrogen and oxygen atoms in total. The van der Waals surface area contributed by atoms with Crippen LogP contribution >= 0.6 is 0 Å². The Morgan fingerprint density at radius 1 is 1.64 bits per heavy atom. The number of carbonyl (C=O) groups excluding carboxylic acids is 1. The van der Waals surface area contributed by atoms with Crippen molar-refractivity contribution in [3.63, 3.8) is 0 Å². The molecule has 0 unspecified atom stereocenters. The predicted molar refractivity (Wildman–Crippen MR) is 55.0 cm³/mol. The second-order valence-electron chi connectivity index (χ2n) is 3.92. The van der Waals surface area contributed by atoms with Gasteiger partial charge in [0, 0.05) is 6.54 Å². The summed E-state index contributed by atoms with van der Waals surface area (Å²) in [7, 11) is 1.76. The maximum absolute atomic E-state index is 11.7. The number of aliphatic hydroxyl groups excluding tert-OH is 1. The molecular weight excluding hydrogens is 180 g/mol. The molecule has 0 radical (unpaired) electrons. The summed E-state index contributed by atoms with van der Waals surface area (Å²) >= 11 is 0. The van der Waals surface area contributed by atoms with Crippen LogP contribution < -0.4 is 5.32 Å². The van der Waals surface area contributed by atoms with E-state index in [4.69, 9.17) is 0 Å². The van der Waals surface area contributed by atoms with Gasteiger partial charge in [-0.1, -0.05) is 0 Å². The van der Waals surface area contributed by atoms with Crippen molar-refractivity contribution in [3.05, 3.63) is 0 Å². The minimum Gasteiger partial charge on any atom is -0.391 e. The second kappa shape index (κ2) is 5.32. The molecule has 1 aliphatic heterocycles. The smallest absolute Gasteiger partial charge is 0.236 e. The fraction of sp³-hybridized carbons (Fsp3) is 0.900. The molecule has 2 atom stereocenters. The van der Waals surface area contributed by atoms with Crippen LogP contribution in [0.2, 0.25) is 0 Å². The highest BCUT2D eigenvalue weighted by molar-refractivity contribution is 5.78. The van der Waals surface area contributed by atoms with Gasteiger partial charge in [-0.15, -0.1) is 0 Å². The standard InChI is InChI=1S/C10H20N2O2/c1-8(13)9-5-3-4-6-12(9)10(14)7-11-2/h8-9,11,13H,3-7H2,1-2H3/t8-,9+/m1/s1. The normalized spacial score (nSPS) is 24.8. The largest absolute Gasteiger partial charge is 0.391 e. The lowest BCUT2D eigenvalue weighted by atomic mass is 9.98. The molecule has 0 aromatic rings. The van der Waals surface area contributed by atoms with Crippen LogP contribution in [0.3, 0.4) is 0 Å². The number of hydrogen-bond acceptors (Lipinski definition) is 3. The minimum atomic E-state index is -0.420.